The molecule has 0 amide bonds. The molecule has 0 aliphatic carbocycles. The molecular formula is C13H21N3O. The van der Waals surface area contributed by atoms with E-state index in [1.807, 2.05) is 24.4 Å². The number of hydrogen-bond donors (Lipinski definition) is 1. The van der Waals surface area contributed by atoms with E-state index in [2.05, 4.69) is 15.2 Å². The summed E-state index contributed by atoms with van der Waals surface area (Å²) in [7, 11) is 1.76. The fourth-order valence-electron chi connectivity index (χ4n) is 2.25. The van der Waals surface area contributed by atoms with Crippen LogP contribution in [0.1, 0.15) is 12.8 Å². The average molecular weight is 235 g/mol. The van der Waals surface area contributed by atoms with Crippen LogP contribution in [0.3, 0.4) is 0 Å². The van der Waals surface area contributed by atoms with Crippen molar-refractivity contribution in [2.45, 2.75) is 18.9 Å². The Hall–Kier alpha value is -1.13. The molecule has 1 aromatic heterocycles. The topological polar surface area (TPSA) is 37.4 Å². The van der Waals surface area contributed by atoms with Crippen LogP contribution >= 0.6 is 0 Å². The third-order valence-corrected chi connectivity index (χ3v) is 3.13. The molecule has 1 aromatic rings. The molecule has 1 atom stereocenters. The number of piperidine rings is 1. The molecule has 0 bridgehead atoms. The van der Waals surface area contributed by atoms with Crippen LogP contribution in [0.2, 0.25) is 0 Å². The van der Waals surface area contributed by atoms with Gasteiger partial charge < -0.3 is 10.1 Å². The zero-order chi connectivity index (χ0) is 11.9. The molecule has 1 aliphatic heterocycles. The van der Waals surface area contributed by atoms with Gasteiger partial charge in [-0.2, -0.15) is 0 Å². The Kier molecular flexibility index (Phi) is 4.76. The molecule has 2 rings (SSSR count). The van der Waals surface area contributed by atoms with Gasteiger partial charge in [-0.15, -0.1) is 0 Å². The van der Waals surface area contributed by atoms with Gasteiger partial charge in [0.15, 0.2) is 0 Å². The van der Waals surface area contributed by atoms with Gasteiger partial charge in [-0.25, -0.2) is 4.98 Å². The summed E-state index contributed by atoms with van der Waals surface area (Å²) in [6.07, 6.45) is 4.29. The van der Waals surface area contributed by atoms with E-state index in [0.717, 1.165) is 25.5 Å². The highest BCUT2D eigenvalue weighted by atomic mass is 16.5. The molecule has 1 fully saturated rings. The van der Waals surface area contributed by atoms with Crippen LogP contribution in [-0.2, 0) is 4.74 Å². The van der Waals surface area contributed by atoms with Gasteiger partial charge in [-0.05, 0) is 31.5 Å². The highest BCUT2D eigenvalue weighted by Crippen LogP contribution is 2.14. The van der Waals surface area contributed by atoms with E-state index < -0.39 is 0 Å². The van der Waals surface area contributed by atoms with Gasteiger partial charge >= 0.3 is 0 Å². The Morgan fingerprint density at radius 1 is 1.53 bits per heavy atom. The molecule has 17 heavy (non-hydrogen) atoms. The van der Waals surface area contributed by atoms with Crippen molar-refractivity contribution >= 4 is 5.82 Å². The smallest absolute Gasteiger partial charge is 0.126 e. The lowest BCUT2D eigenvalue weighted by Gasteiger charge is -2.33. The van der Waals surface area contributed by atoms with E-state index in [1.54, 1.807) is 7.11 Å². The summed E-state index contributed by atoms with van der Waals surface area (Å²) in [4.78, 5) is 6.76. The maximum absolute atomic E-state index is 5.12. The first-order chi connectivity index (χ1) is 8.38. The Morgan fingerprint density at radius 3 is 3.24 bits per heavy atom. The zero-order valence-corrected chi connectivity index (χ0v) is 10.4. The van der Waals surface area contributed by atoms with Crippen molar-refractivity contribution in [2.24, 2.45) is 0 Å². The van der Waals surface area contributed by atoms with Gasteiger partial charge in [0.1, 0.15) is 5.82 Å². The molecule has 1 unspecified atom stereocenters. The van der Waals surface area contributed by atoms with Crippen LogP contribution in [0.15, 0.2) is 24.4 Å². The fourth-order valence-corrected chi connectivity index (χ4v) is 2.25. The molecule has 0 saturated carbocycles. The van der Waals surface area contributed by atoms with Crippen LogP contribution in [0.4, 0.5) is 5.82 Å². The Morgan fingerprint density at radius 2 is 2.47 bits per heavy atom. The molecule has 1 N–H and O–H groups in total. The summed E-state index contributed by atoms with van der Waals surface area (Å²) in [5.74, 6) is 0.978. The summed E-state index contributed by atoms with van der Waals surface area (Å²) in [5.41, 5.74) is 0. The molecule has 0 radical (unpaired) electrons. The van der Waals surface area contributed by atoms with E-state index in [9.17, 15) is 0 Å². The first-order valence-electron chi connectivity index (χ1n) is 6.27. The maximum Gasteiger partial charge on any atom is 0.126 e. The highest BCUT2D eigenvalue weighted by Gasteiger charge is 2.19. The lowest BCUT2D eigenvalue weighted by atomic mass is 10.1. The van der Waals surface area contributed by atoms with E-state index in [1.165, 1.54) is 19.4 Å². The van der Waals surface area contributed by atoms with Gasteiger partial charge in [-0.1, -0.05) is 6.07 Å². The largest absolute Gasteiger partial charge is 0.383 e. The fraction of sp³-hybridized carbons (Fsp3) is 0.615. The van der Waals surface area contributed by atoms with Gasteiger partial charge in [-0.3, -0.25) is 4.90 Å². The van der Waals surface area contributed by atoms with Gasteiger partial charge in [0.25, 0.3) is 0 Å². The van der Waals surface area contributed by atoms with Gasteiger partial charge in [0.05, 0.1) is 6.61 Å². The molecule has 0 aromatic carbocycles. The van der Waals surface area contributed by atoms with Crippen molar-refractivity contribution in [3.8, 4) is 0 Å². The minimum atomic E-state index is 0.510. The number of nitrogens with one attached hydrogen (secondary N) is 1. The monoisotopic (exact) mass is 235 g/mol. The predicted molar refractivity (Wildman–Crippen MR) is 69.2 cm³/mol. The number of aromatic nitrogens is 1. The minimum absolute atomic E-state index is 0.510. The maximum atomic E-state index is 5.12. The van der Waals surface area contributed by atoms with E-state index >= 15 is 0 Å². The third kappa shape index (κ3) is 3.98. The number of likely N-dealkylation sites (tertiary alicyclic amines) is 1. The molecule has 1 aliphatic rings. The van der Waals surface area contributed by atoms with Gasteiger partial charge in [0.2, 0.25) is 0 Å². The Balaban J connectivity index is 1.81. The molecule has 94 valence electrons. The van der Waals surface area contributed by atoms with Crippen LogP contribution < -0.4 is 5.32 Å². The summed E-state index contributed by atoms with van der Waals surface area (Å²) >= 11 is 0. The van der Waals surface area contributed by atoms with Crippen molar-refractivity contribution in [3.05, 3.63) is 24.4 Å². The Labute approximate surface area is 103 Å². The van der Waals surface area contributed by atoms with Crippen molar-refractivity contribution in [3.63, 3.8) is 0 Å². The molecule has 4 nitrogen and oxygen atoms in total. The first kappa shape index (κ1) is 12.3. The molecule has 0 spiro atoms. The number of pyridine rings is 1. The SMILES string of the molecule is COCCN1CCCC(Nc2ccccn2)C1. The zero-order valence-electron chi connectivity index (χ0n) is 10.4. The molecule has 1 saturated heterocycles. The van der Waals surface area contributed by atoms with Crippen LogP contribution in [0.5, 0.6) is 0 Å². The normalized spacial score (nSPS) is 21.4. The van der Waals surface area contributed by atoms with E-state index in [-0.39, 0.29) is 0 Å². The predicted octanol–water partition coefficient (Wildman–Crippen LogP) is 1.60. The van der Waals surface area contributed by atoms with Crippen molar-refractivity contribution in [1.29, 1.82) is 0 Å². The third-order valence-electron chi connectivity index (χ3n) is 3.13. The number of rotatable bonds is 5. The second-order valence-electron chi connectivity index (χ2n) is 4.49. The lowest BCUT2D eigenvalue weighted by molar-refractivity contribution is 0.131. The van der Waals surface area contributed by atoms with Crippen LogP contribution in [0.25, 0.3) is 0 Å². The Bertz CT molecular complexity index is 318. The standard InChI is InChI=1S/C13H21N3O/c1-17-10-9-16-8-4-5-12(11-16)15-13-6-2-3-7-14-13/h2-3,6-7,12H,4-5,8-11H2,1H3,(H,14,15). The lowest BCUT2D eigenvalue weighted by Crippen LogP contribution is -2.43. The number of hydrogen-bond acceptors (Lipinski definition) is 4. The summed E-state index contributed by atoms with van der Waals surface area (Å²) in [6, 6.07) is 6.49. The second kappa shape index (κ2) is 6.57. The summed E-state index contributed by atoms with van der Waals surface area (Å²) < 4.78 is 5.12. The molecular weight excluding hydrogens is 214 g/mol. The molecule has 2 heterocycles. The van der Waals surface area contributed by atoms with Crippen molar-refractivity contribution in [1.82, 2.24) is 9.88 Å². The van der Waals surface area contributed by atoms with E-state index in [4.69, 9.17) is 4.74 Å². The second-order valence-corrected chi connectivity index (χ2v) is 4.49. The number of ether oxygens (including phenoxy) is 1. The summed E-state index contributed by atoms with van der Waals surface area (Å²) in [6.45, 7) is 4.11. The van der Waals surface area contributed by atoms with Crippen LogP contribution in [-0.4, -0.2) is 49.3 Å². The quantitative estimate of drug-likeness (QED) is 0.841. The average Bonchev–Trinajstić information content (AvgIpc) is 2.38. The number of methoxy groups -OCH3 is 1. The highest BCUT2D eigenvalue weighted by molar-refractivity contribution is 5.34. The summed E-state index contributed by atoms with van der Waals surface area (Å²) in [5, 5.41) is 3.49. The number of nitrogens with zero attached hydrogens (tertiary/aromatic N) is 2. The van der Waals surface area contributed by atoms with Crippen LogP contribution in [0, 0.1) is 0 Å². The van der Waals surface area contributed by atoms with Crippen molar-refractivity contribution in [2.75, 3.05) is 38.7 Å². The number of anilines is 1. The molecule has 4 heteroatoms. The minimum Gasteiger partial charge on any atom is -0.383 e. The van der Waals surface area contributed by atoms with Crippen molar-refractivity contribution < 1.29 is 4.74 Å². The first-order valence-corrected chi connectivity index (χ1v) is 6.27. The van der Waals surface area contributed by atoms with E-state index in [0.29, 0.717) is 6.04 Å². The van der Waals surface area contributed by atoms with Gasteiger partial charge in [0, 0.05) is 32.4 Å².